The first kappa shape index (κ1) is 19.7. The fourth-order valence-corrected chi connectivity index (χ4v) is 3.86. The molecule has 1 fully saturated rings. The maximum absolute atomic E-state index is 12.8. The second-order valence-electron chi connectivity index (χ2n) is 7.34. The van der Waals surface area contributed by atoms with Crippen molar-refractivity contribution >= 4 is 22.5 Å². The second-order valence-corrected chi connectivity index (χ2v) is 7.34. The molecule has 30 heavy (non-hydrogen) atoms. The normalized spacial score (nSPS) is 14.3. The second kappa shape index (κ2) is 8.83. The van der Waals surface area contributed by atoms with Crippen LogP contribution in [0.1, 0.15) is 35.7 Å². The number of aromatic nitrogens is 1. The average Bonchev–Trinajstić information content (AvgIpc) is 2.80. The van der Waals surface area contributed by atoms with Crippen LogP contribution in [-0.2, 0) is 0 Å². The summed E-state index contributed by atoms with van der Waals surface area (Å²) in [6.45, 7) is 3.89. The number of ether oxygens (including phenoxy) is 1. The Labute approximate surface area is 176 Å². The van der Waals surface area contributed by atoms with Gasteiger partial charge in [-0.15, -0.1) is 0 Å². The van der Waals surface area contributed by atoms with E-state index in [2.05, 4.69) is 16.4 Å². The van der Waals surface area contributed by atoms with Crippen molar-refractivity contribution in [3.8, 4) is 11.8 Å². The number of nitrogens with one attached hydrogen (secondary N) is 1. The molecule has 1 saturated heterocycles. The van der Waals surface area contributed by atoms with Crippen molar-refractivity contribution in [2.45, 2.75) is 25.8 Å². The molecule has 0 aliphatic carbocycles. The average molecular weight is 400 g/mol. The van der Waals surface area contributed by atoms with Gasteiger partial charge in [-0.1, -0.05) is 18.2 Å². The Morgan fingerprint density at radius 3 is 2.63 bits per heavy atom. The number of fused-ring (bicyclic) bond motifs is 1. The summed E-state index contributed by atoms with van der Waals surface area (Å²) < 4.78 is 5.45. The van der Waals surface area contributed by atoms with Crippen molar-refractivity contribution in [2.75, 3.05) is 25.0 Å². The fraction of sp³-hybridized carbons (Fsp3) is 0.292. The molecule has 6 heteroatoms. The summed E-state index contributed by atoms with van der Waals surface area (Å²) in [6.07, 6.45) is 3.27. The lowest BCUT2D eigenvalue weighted by atomic mass is 10.0. The molecule has 0 unspecified atom stereocenters. The smallest absolute Gasteiger partial charge is 0.253 e. The van der Waals surface area contributed by atoms with Gasteiger partial charge in [0.05, 0.1) is 23.4 Å². The Kier molecular flexibility index (Phi) is 5.80. The molecule has 3 aromatic rings. The van der Waals surface area contributed by atoms with E-state index in [9.17, 15) is 10.1 Å². The van der Waals surface area contributed by atoms with Crippen LogP contribution in [0.3, 0.4) is 0 Å². The van der Waals surface area contributed by atoms with Gasteiger partial charge < -0.3 is 15.0 Å². The van der Waals surface area contributed by atoms with Gasteiger partial charge in [0.25, 0.3) is 5.91 Å². The lowest BCUT2D eigenvalue weighted by Gasteiger charge is -2.33. The number of carbonyl (C=O) groups is 1. The first-order chi connectivity index (χ1) is 14.7. The van der Waals surface area contributed by atoms with E-state index in [4.69, 9.17) is 4.74 Å². The molecule has 2 heterocycles. The summed E-state index contributed by atoms with van der Waals surface area (Å²) in [5.41, 5.74) is 2.92. The maximum Gasteiger partial charge on any atom is 0.253 e. The molecule has 1 aliphatic rings. The number of benzene rings is 2. The summed E-state index contributed by atoms with van der Waals surface area (Å²) >= 11 is 0. The van der Waals surface area contributed by atoms with Crippen LogP contribution in [-0.4, -0.2) is 41.5 Å². The number of nitrogens with zero attached hydrogens (tertiary/aromatic N) is 3. The van der Waals surface area contributed by atoms with Gasteiger partial charge in [-0.25, -0.2) is 0 Å². The van der Waals surface area contributed by atoms with Crippen molar-refractivity contribution in [3.63, 3.8) is 0 Å². The first-order valence-electron chi connectivity index (χ1n) is 10.3. The van der Waals surface area contributed by atoms with Crippen molar-refractivity contribution in [3.05, 3.63) is 65.9 Å². The molecular formula is C24H24N4O2. The molecule has 1 amide bonds. The van der Waals surface area contributed by atoms with Crippen molar-refractivity contribution in [2.24, 2.45) is 0 Å². The minimum atomic E-state index is 0.0450. The van der Waals surface area contributed by atoms with Gasteiger partial charge in [-0.05, 0) is 50.1 Å². The van der Waals surface area contributed by atoms with Crippen LogP contribution >= 0.6 is 0 Å². The number of carbonyl (C=O) groups excluding carboxylic acids is 1. The summed E-state index contributed by atoms with van der Waals surface area (Å²) in [6, 6.07) is 17.6. The third-order valence-corrected chi connectivity index (χ3v) is 5.44. The molecule has 0 radical (unpaired) electrons. The molecule has 152 valence electrons. The molecular weight excluding hydrogens is 376 g/mol. The topological polar surface area (TPSA) is 78.2 Å². The van der Waals surface area contributed by atoms with Gasteiger partial charge in [-0.2, -0.15) is 5.26 Å². The Bertz CT molecular complexity index is 1080. The predicted molar refractivity (Wildman–Crippen MR) is 117 cm³/mol. The van der Waals surface area contributed by atoms with Crippen LogP contribution in [0.2, 0.25) is 0 Å². The van der Waals surface area contributed by atoms with E-state index in [0.29, 0.717) is 30.8 Å². The molecule has 6 nitrogen and oxygen atoms in total. The van der Waals surface area contributed by atoms with Gasteiger partial charge >= 0.3 is 0 Å². The third kappa shape index (κ3) is 4.06. The first-order valence-corrected chi connectivity index (χ1v) is 10.3. The number of hydrogen-bond acceptors (Lipinski definition) is 5. The quantitative estimate of drug-likeness (QED) is 0.694. The lowest BCUT2D eigenvalue weighted by molar-refractivity contribution is 0.0718. The number of rotatable bonds is 5. The van der Waals surface area contributed by atoms with E-state index in [1.165, 1.54) is 0 Å². The van der Waals surface area contributed by atoms with Crippen molar-refractivity contribution in [1.29, 1.82) is 5.26 Å². The zero-order valence-electron chi connectivity index (χ0n) is 17.0. The molecule has 2 aromatic carbocycles. The Hall–Kier alpha value is -3.59. The van der Waals surface area contributed by atoms with E-state index in [0.717, 1.165) is 35.2 Å². The number of para-hydroxylation sites is 1. The van der Waals surface area contributed by atoms with E-state index in [-0.39, 0.29) is 11.9 Å². The number of amides is 1. The third-order valence-electron chi connectivity index (χ3n) is 5.44. The Balaban J connectivity index is 1.42. The van der Waals surface area contributed by atoms with E-state index < -0.39 is 0 Å². The summed E-state index contributed by atoms with van der Waals surface area (Å²) in [5, 5.41) is 14.0. The molecule has 1 aromatic heterocycles. The number of anilines is 1. The van der Waals surface area contributed by atoms with E-state index in [1.54, 1.807) is 6.20 Å². The fourth-order valence-electron chi connectivity index (χ4n) is 3.86. The molecule has 4 rings (SSSR count). The summed E-state index contributed by atoms with van der Waals surface area (Å²) in [7, 11) is 0. The largest absolute Gasteiger partial charge is 0.494 e. The predicted octanol–water partition coefficient (Wildman–Crippen LogP) is 4.22. The van der Waals surface area contributed by atoms with Gasteiger partial charge in [-0.3, -0.25) is 9.78 Å². The van der Waals surface area contributed by atoms with Crippen LogP contribution in [0.15, 0.2) is 54.7 Å². The molecule has 0 bridgehead atoms. The molecule has 0 saturated carbocycles. The van der Waals surface area contributed by atoms with Gasteiger partial charge in [0.15, 0.2) is 0 Å². The Morgan fingerprint density at radius 1 is 1.20 bits per heavy atom. The zero-order valence-corrected chi connectivity index (χ0v) is 17.0. The van der Waals surface area contributed by atoms with Crippen LogP contribution in [0, 0.1) is 11.3 Å². The highest BCUT2D eigenvalue weighted by molar-refractivity contribution is 5.95. The maximum atomic E-state index is 12.8. The summed E-state index contributed by atoms with van der Waals surface area (Å²) in [5.74, 6) is 0.818. The highest BCUT2D eigenvalue weighted by Crippen LogP contribution is 2.28. The SMILES string of the molecule is CCOc1ccc(C(=O)N2CCC(Nc3c(C#N)cnc4ccccc34)CC2)cc1. The lowest BCUT2D eigenvalue weighted by Crippen LogP contribution is -2.42. The van der Waals surface area contributed by atoms with Crippen LogP contribution in [0.4, 0.5) is 5.69 Å². The van der Waals surface area contributed by atoms with Crippen LogP contribution < -0.4 is 10.1 Å². The molecule has 1 N–H and O–H groups in total. The Morgan fingerprint density at radius 2 is 1.93 bits per heavy atom. The minimum Gasteiger partial charge on any atom is -0.494 e. The van der Waals surface area contributed by atoms with Crippen molar-refractivity contribution in [1.82, 2.24) is 9.88 Å². The van der Waals surface area contributed by atoms with E-state index >= 15 is 0 Å². The minimum absolute atomic E-state index is 0.0450. The number of hydrogen-bond donors (Lipinski definition) is 1. The summed E-state index contributed by atoms with van der Waals surface area (Å²) in [4.78, 5) is 19.1. The number of nitriles is 1. The van der Waals surface area contributed by atoms with Crippen LogP contribution in [0.25, 0.3) is 10.9 Å². The number of piperidine rings is 1. The zero-order chi connectivity index (χ0) is 20.9. The van der Waals surface area contributed by atoms with Gasteiger partial charge in [0.1, 0.15) is 11.8 Å². The van der Waals surface area contributed by atoms with Gasteiger partial charge in [0.2, 0.25) is 0 Å². The number of pyridine rings is 1. The molecule has 1 aliphatic heterocycles. The van der Waals surface area contributed by atoms with Crippen molar-refractivity contribution < 1.29 is 9.53 Å². The number of likely N-dealkylation sites (tertiary alicyclic amines) is 1. The highest BCUT2D eigenvalue weighted by atomic mass is 16.5. The van der Waals surface area contributed by atoms with E-state index in [1.807, 2.05) is 60.4 Å². The molecule has 0 atom stereocenters. The monoisotopic (exact) mass is 400 g/mol. The van der Waals surface area contributed by atoms with Gasteiger partial charge in [0, 0.05) is 36.3 Å². The van der Waals surface area contributed by atoms with Crippen LogP contribution in [0.5, 0.6) is 5.75 Å². The molecule has 0 spiro atoms. The standard InChI is InChI=1S/C24H24N4O2/c1-2-30-20-9-7-17(8-10-20)24(29)28-13-11-19(12-14-28)27-23-18(15-25)16-26-22-6-4-3-5-21(22)23/h3-10,16,19H,2,11-14H2,1H3,(H,26,27). The highest BCUT2D eigenvalue weighted by Gasteiger charge is 2.24.